The maximum Gasteiger partial charge on any atom is 0.265 e. The molecule has 1 aliphatic heterocycles. The van der Waals surface area contributed by atoms with Crippen molar-refractivity contribution in [1.29, 1.82) is 0 Å². The summed E-state index contributed by atoms with van der Waals surface area (Å²) in [7, 11) is 0. The number of nitrogens with zero attached hydrogens (tertiary/aromatic N) is 2. The van der Waals surface area contributed by atoms with E-state index in [4.69, 9.17) is 4.74 Å². The van der Waals surface area contributed by atoms with E-state index < -0.39 is 0 Å². The Bertz CT molecular complexity index is 1100. The molecule has 6 nitrogen and oxygen atoms in total. The Balaban J connectivity index is 1.42. The number of nitrogens with one attached hydrogen (secondary N) is 1. The summed E-state index contributed by atoms with van der Waals surface area (Å²) in [6.45, 7) is 6.51. The summed E-state index contributed by atoms with van der Waals surface area (Å²) in [5.41, 5.74) is 6.22. The molecule has 0 radical (unpaired) electrons. The van der Waals surface area contributed by atoms with Gasteiger partial charge in [-0.05, 0) is 44.0 Å². The minimum Gasteiger partial charge on any atom is -0.482 e. The zero-order valence-corrected chi connectivity index (χ0v) is 18.0. The molecule has 2 aromatic carbocycles. The van der Waals surface area contributed by atoms with E-state index >= 15 is 0 Å². The third kappa shape index (κ3) is 4.07. The first-order chi connectivity index (χ1) is 14.4. The van der Waals surface area contributed by atoms with Gasteiger partial charge in [-0.15, -0.1) is 11.3 Å². The van der Waals surface area contributed by atoms with Crippen molar-refractivity contribution in [3.05, 3.63) is 58.5 Å². The summed E-state index contributed by atoms with van der Waals surface area (Å²) < 4.78 is 5.44. The number of hydrogen-bond donors (Lipinski definition) is 1. The number of carbonyl (C=O) groups excluding carboxylic acids is 2. The Morgan fingerprint density at radius 3 is 2.70 bits per heavy atom. The average molecular weight is 422 g/mol. The Hall–Kier alpha value is -3.19. The number of anilines is 2. The second kappa shape index (κ2) is 8.28. The molecular weight excluding hydrogens is 398 g/mol. The number of fused-ring (bicyclic) bond motifs is 1. The smallest absolute Gasteiger partial charge is 0.265 e. The molecule has 7 heteroatoms. The molecule has 1 aliphatic rings. The highest BCUT2D eigenvalue weighted by Crippen LogP contribution is 2.32. The lowest BCUT2D eigenvalue weighted by molar-refractivity contribution is -0.121. The number of thiazole rings is 1. The maximum absolute atomic E-state index is 12.5. The first kappa shape index (κ1) is 20.1. The second-order valence-corrected chi connectivity index (χ2v) is 8.27. The van der Waals surface area contributed by atoms with Crippen LogP contribution in [0.1, 0.15) is 23.1 Å². The summed E-state index contributed by atoms with van der Waals surface area (Å²) in [4.78, 5) is 30.9. The van der Waals surface area contributed by atoms with Gasteiger partial charge in [0.2, 0.25) is 5.91 Å². The number of para-hydroxylation sites is 2. The molecule has 1 N–H and O–H groups in total. The number of benzene rings is 2. The number of carbonyl (C=O) groups is 2. The minimum atomic E-state index is -0.176. The SMILES string of the molecule is Cc1cc(C)c(-c2csc(NC(=O)CCN3C(=O)COc4ccccc43)n2)c(C)c1. The van der Waals surface area contributed by atoms with Crippen LogP contribution in [-0.4, -0.2) is 29.9 Å². The van der Waals surface area contributed by atoms with E-state index in [1.165, 1.54) is 28.0 Å². The molecule has 0 fully saturated rings. The lowest BCUT2D eigenvalue weighted by Crippen LogP contribution is -2.40. The van der Waals surface area contributed by atoms with Gasteiger partial charge in [-0.1, -0.05) is 29.8 Å². The molecule has 154 valence electrons. The summed E-state index contributed by atoms with van der Waals surface area (Å²) in [6, 6.07) is 11.6. The van der Waals surface area contributed by atoms with Crippen LogP contribution in [0.3, 0.4) is 0 Å². The fraction of sp³-hybridized carbons (Fsp3) is 0.261. The molecule has 0 saturated carbocycles. The molecule has 3 aromatic rings. The van der Waals surface area contributed by atoms with E-state index in [0.29, 0.717) is 23.1 Å². The summed E-state index contributed by atoms with van der Waals surface area (Å²) in [5.74, 6) is 0.333. The van der Waals surface area contributed by atoms with Crippen LogP contribution in [0.2, 0.25) is 0 Å². The van der Waals surface area contributed by atoms with Gasteiger partial charge in [0.25, 0.3) is 5.91 Å². The van der Waals surface area contributed by atoms with Crippen molar-refractivity contribution in [3.8, 4) is 17.0 Å². The molecule has 0 atom stereocenters. The zero-order chi connectivity index (χ0) is 21.3. The Morgan fingerprint density at radius 1 is 1.20 bits per heavy atom. The van der Waals surface area contributed by atoms with E-state index in [9.17, 15) is 9.59 Å². The van der Waals surface area contributed by atoms with Crippen LogP contribution in [0.4, 0.5) is 10.8 Å². The van der Waals surface area contributed by atoms with Crippen LogP contribution in [0.5, 0.6) is 5.75 Å². The van der Waals surface area contributed by atoms with Gasteiger partial charge in [0.1, 0.15) is 5.75 Å². The zero-order valence-electron chi connectivity index (χ0n) is 17.2. The molecule has 0 unspecified atom stereocenters. The van der Waals surface area contributed by atoms with E-state index in [1.807, 2.05) is 29.6 Å². The van der Waals surface area contributed by atoms with Crippen molar-refractivity contribution in [3.63, 3.8) is 0 Å². The Kier molecular flexibility index (Phi) is 5.55. The molecule has 0 spiro atoms. The molecular formula is C23H23N3O3S. The normalized spacial score (nSPS) is 13.0. The summed E-state index contributed by atoms with van der Waals surface area (Å²) in [6.07, 6.45) is 0.178. The monoisotopic (exact) mass is 421 g/mol. The first-order valence-electron chi connectivity index (χ1n) is 9.78. The number of amides is 2. The van der Waals surface area contributed by atoms with E-state index in [2.05, 4.69) is 43.2 Å². The fourth-order valence-corrected chi connectivity index (χ4v) is 4.54. The van der Waals surface area contributed by atoms with Crippen LogP contribution >= 0.6 is 11.3 Å². The van der Waals surface area contributed by atoms with E-state index in [-0.39, 0.29) is 24.8 Å². The van der Waals surface area contributed by atoms with Crippen LogP contribution in [0.25, 0.3) is 11.3 Å². The Labute approximate surface area is 179 Å². The number of aromatic nitrogens is 1. The van der Waals surface area contributed by atoms with Crippen LogP contribution < -0.4 is 15.0 Å². The van der Waals surface area contributed by atoms with Gasteiger partial charge in [0.15, 0.2) is 11.7 Å². The standard InChI is InChI=1S/C23H23N3O3S/c1-14-10-15(2)22(16(3)11-14)17-13-30-23(24-17)25-20(27)8-9-26-18-6-4-5-7-19(18)29-12-21(26)28/h4-7,10-11,13H,8-9,12H2,1-3H3,(H,24,25,27). The molecule has 0 bridgehead atoms. The molecule has 4 rings (SSSR count). The maximum atomic E-state index is 12.5. The van der Waals surface area contributed by atoms with E-state index in [1.54, 1.807) is 4.90 Å². The first-order valence-corrected chi connectivity index (χ1v) is 10.7. The highest BCUT2D eigenvalue weighted by Gasteiger charge is 2.25. The van der Waals surface area contributed by atoms with Gasteiger partial charge < -0.3 is 15.0 Å². The lowest BCUT2D eigenvalue weighted by Gasteiger charge is -2.29. The minimum absolute atomic E-state index is 0.0102. The second-order valence-electron chi connectivity index (χ2n) is 7.41. The van der Waals surface area contributed by atoms with Crippen LogP contribution in [0, 0.1) is 20.8 Å². The fourth-order valence-electron chi connectivity index (χ4n) is 3.82. The number of hydrogen-bond acceptors (Lipinski definition) is 5. The average Bonchev–Trinajstić information content (AvgIpc) is 3.14. The van der Waals surface area contributed by atoms with Crippen molar-refractivity contribution < 1.29 is 14.3 Å². The third-order valence-corrected chi connectivity index (χ3v) is 5.81. The number of rotatable bonds is 5. The predicted octanol–water partition coefficient (Wildman–Crippen LogP) is 4.49. The predicted molar refractivity (Wildman–Crippen MR) is 119 cm³/mol. The van der Waals surface area contributed by atoms with Gasteiger partial charge in [0, 0.05) is 23.9 Å². The summed E-state index contributed by atoms with van der Waals surface area (Å²) in [5, 5.41) is 5.38. The van der Waals surface area contributed by atoms with Crippen molar-refractivity contribution in [2.24, 2.45) is 0 Å². The highest BCUT2D eigenvalue weighted by atomic mass is 32.1. The Morgan fingerprint density at radius 2 is 1.93 bits per heavy atom. The van der Waals surface area contributed by atoms with Gasteiger partial charge in [-0.25, -0.2) is 4.98 Å². The molecule has 2 amide bonds. The lowest BCUT2D eigenvalue weighted by atomic mass is 9.98. The quantitative estimate of drug-likeness (QED) is 0.659. The molecule has 2 heterocycles. The van der Waals surface area contributed by atoms with Crippen molar-refractivity contribution in [1.82, 2.24) is 4.98 Å². The van der Waals surface area contributed by atoms with Gasteiger partial charge in [-0.3, -0.25) is 9.59 Å². The molecule has 0 saturated heterocycles. The van der Waals surface area contributed by atoms with Crippen molar-refractivity contribution in [2.75, 3.05) is 23.4 Å². The van der Waals surface area contributed by atoms with Crippen LogP contribution in [-0.2, 0) is 9.59 Å². The molecule has 1 aromatic heterocycles. The third-order valence-electron chi connectivity index (χ3n) is 5.05. The number of aryl methyl sites for hydroxylation is 3. The van der Waals surface area contributed by atoms with Crippen molar-refractivity contribution >= 4 is 34.0 Å². The van der Waals surface area contributed by atoms with Crippen molar-refractivity contribution in [2.45, 2.75) is 27.2 Å². The highest BCUT2D eigenvalue weighted by molar-refractivity contribution is 7.14. The van der Waals surface area contributed by atoms with Crippen LogP contribution in [0.15, 0.2) is 41.8 Å². The van der Waals surface area contributed by atoms with Gasteiger partial charge >= 0.3 is 0 Å². The van der Waals surface area contributed by atoms with Gasteiger partial charge in [0.05, 0.1) is 11.4 Å². The topological polar surface area (TPSA) is 71.5 Å². The molecule has 30 heavy (non-hydrogen) atoms. The molecule has 0 aliphatic carbocycles. The summed E-state index contributed by atoms with van der Waals surface area (Å²) >= 11 is 1.40. The largest absolute Gasteiger partial charge is 0.482 e. The van der Waals surface area contributed by atoms with E-state index in [0.717, 1.165) is 11.3 Å². The van der Waals surface area contributed by atoms with Gasteiger partial charge in [-0.2, -0.15) is 0 Å². The number of ether oxygens (including phenoxy) is 1.